The maximum absolute atomic E-state index is 13.3. The summed E-state index contributed by atoms with van der Waals surface area (Å²) in [6, 6.07) is 15.2. The maximum atomic E-state index is 13.3. The molecule has 1 saturated heterocycles. The topological polar surface area (TPSA) is 69.7 Å². The monoisotopic (exact) mass is 391 g/mol. The van der Waals surface area contributed by atoms with Crippen molar-refractivity contribution in [2.45, 2.75) is 38.3 Å². The lowest BCUT2D eigenvalue weighted by atomic mass is 9.76. The van der Waals surface area contributed by atoms with Crippen LogP contribution in [0.15, 0.2) is 48.5 Å². The van der Waals surface area contributed by atoms with Crippen molar-refractivity contribution in [3.63, 3.8) is 0 Å². The summed E-state index contributed by atoms with van der Waals surface area (Å²) in [6.45, 7) is 2.18. The number of amides is 4. The molecule has 1 aliphatic carbocycles. The predicted octanol–water partition coefficient (Wildman–Crippen LogP) is 2.74. The van der Waals surface area contributed by atoms with Crippen LogP contribution in [0.4, 0.5) is 4.79 Å². The molecule has 6 heteroatoms. The van der Waals surface area contributed by atoms with Gasteiger partial charge in [-0.25, -0.2) is 4.79 Å². The molecule has 29 heavy (non-hydrogen) atoms. The number of nitrogens with one attached hydrogen (secondary N) is 1. The number of likely N-dealkylation sites (N-methyl/N-ethyl adjacent to an activating group) is 1. The highest BCUT2D eigenvalue weighted by Crippen LogP contribution is 2.39. The van der Waals surface area contributed by atoms with E-state index in [-0.39, 0.29) is 18.4 Å². The zero-order valence-electron chi connectivity index (χ0n) is 16.8. The van der Waals surface area contributed by atoms with Crippen molar-refractivity contribution >= 4 is 17.8 Å². The van der Waals surface area contributed by atoms with Crippen LogP contribution in [-0.2, 0) is 28.1 Å². The smallest absolute Gasteiger partial charge is 0.325 e. The lowest BCUT2D eigenvalue weighted by Gasteiger charge is -2.33. The van der Waals surface area contributed by atoms with Gasteiger partial charge in [0.05, 0.1) is 0 Å². The summed E-state index contributed by atoms with van der Waals surface area (Å²) in [6.07, 6.45) is 2.26. The van der Waals surface area contributed by atoms with Crippen molar-refractivity contribution in [2.75, 3.05) is 13.6 Å². The fraction of sp³-hybridized carbons (Fsp3) is 0.348. The van der Waals surface area contributed by atoms with Gasteiger partial charge in [0.25, 0.3) is 5.91 Å². The number of benzene rings is 2. The molecule has 4 rings (SSSR count). The summed E-state index contributed by atoms with van der Waals surface area (Å²) >= 11 is 0. The average Bonchev–Trinajstić information content (AvgIpc) is 2.94. The van der Waals surface area contributed by atoms with Gasteiger partial charge in [0.15, 0.2) is 0 Å². The summed E-state index contributed by atoms with van der Waals surface area (Å²) in [5.41, 5.74) is 3.05. The molecule has 2 aromatic carbocycles. The minimum absolute atomic E-state index is 0.253. The van der Waals surface area contributed by atoms with Gasteiger partial charge < -0.3 is 10.2 Å². The fourth-order valence-electron chi connectivity index (χ4n) is 4.27. The minimum atomic E-state index is -1.04. The largest absolute Gasteiger partial charge is 0.340 e. The van der Waals surface area contributed by atoms with E-state index < -0.39 is 11.6 Å². The molecule has 0 saturated carbocycles. The minimum Gasteiger partial charge on any atom is -0.340 e. The lowest BCUT2D eigenvalue weighted by Crippen LogP contribution is -2.47. The fourth-order valence-corrected chi connectivity index (χ4v) is 4.27. The Morgan fingerprint density at radius 2 is 1.86 bits per heavy atom. The molecule has 1 N–H and O–H groups in total. The number of imide groups is 1. The van der Waals surface area contributed by atoms with Crippen molar-refractivity contribution in [3.8, 4) is 0 Å². The van der Waals surface area contributed by atoms with E-state index >= 15 is 0 Å². The Morgan fingerprint density at radius 1 is 1.14 bits per heavy atom. The number of carbonyl (C=O) groups is 3. The average molecular weight is 391 g/mol. The number of aryl methyl sites for hydroxylation is 2. The van der Waals surface area contributed by atoms with Crippen LogP contribution in [0.2, 0.25) is 0 Å². The van der Waals surface area contributed by atoms with E-state index in [0.29, 0.717) is 13.0 Å². The van der Waals surface area contributed by atoms with Crippen LogP contribution in [0.1, 0.15) is 35.1 Å². The maximum Gasteiger partial charge on any atom is 0.325 e. The molecular weight excluding hydrogens is 366 g/mol. The van der Waals surface area contributed by atoms with E-state index in [4.69, 9.17) is 0 Å². The number of carbonyl (C=O) groups excluding carboxylic acids is 3. The van der Waals surface area contributed by atoms with Gasteiger partial charge in [-0.05, 0) is 42.9 Å². The third-order valence-electron chi connectivity index (χ3n) is 5.91. The Hall–Kier alpha value is -3.15. The second-order valence-electron chi connectivity index (χ2n) is 7.97. The molecule has 0 aromatic heterocycles. The van der Waals surface area contributed by atoms with Gasteiger partial charge >= 0.3 is 6.03 Å². The molecular formula is C23H25N3O3. The second-order valence-corrected chi connectivity index (χ2v) is 7.97. The van der Waals surface area contributed by atoms with E-state index in [1.807, 2.05) is 55.5 Å². The Bertz CT molecular complexity index is 970. The molecule has 4 amide bonds. The quantitative estimate of drug-likeness (QED) is 0.815. The molecule has 1 aliphatic heterocycles. The number of rotatable bonds is 4. The molecule has 1 heterocycles. The van der Waals surface area contributed by atoms with Crippen LogP contribution >= 0.6 is 0 Å². The molecule has 0 radical (unpaired) electrons. The number of fused-ring (bicyclic) bond motifs is 2. The third-order valence-corrected chi connectivity index (χ3v) is 5.91. The summed E-state index contributed by atoms with van der Waals surface area (Å²) in [7, 11) is 1.69. The first-order valence-corrected chi connectivity index (χ1v) is 9.93. The third kappa shape index (κ3) is 3.39. The molecule has 0 bridgehead atoms. The molecule has 1 atom stereocenters. The van der Waals surface area contributed by atoms with E-state index in [0.717, 1.165) is 40.0 Å². The summed E-state index contributed by atoms with van der Waals surface area (Å²) < 4.78 is 0. The SMILES string of the molecule is Cc1ccc(CN(C)C(=O)CN2C(=O)N[C@@]3(CCCc4ccccc43)C2=O)cc1. The Balaban J connectivity index is 1.50. The van der Waals surface area contributed by atoms with Crippen molar-refractivity contribution in [1.82, 2.24) is 15.1 Å². The van der Waals surface area contributed by atoms with Crippen molar-refractivity contribution in [1.29, 1.82) is 0 Å². The normalized spacial score (nSPS) is 20.6. The lowest BCUT2D eigenvalue weighted by molar-refractivity contribution is -0.139. The first-order valence-electron chi connectivity index (χ1n) is 9.93. The van der Waals surface area contributed by atoms with Crippen molar-refractivity contribution < 1.29 is 14.4 Å². The van der Waals surface area contributed by atoms with Gasteiger partial charge in [0.1, 0.15) is 12.1 Å². The van der Waals surface area contributed by atoms with E-state index in [2.05, 4.69) is 5.32 Å². The summed E-state index contributed by atoms with van der Waals surface area (Å²) in [5.74, 6) is -0.595. The van der Waals surface area contributed by atoms with Crippen LogP contribution in [0.3, 0.4) is 0 Å². The van der Waals surface area contributed by atoms with Crippen LogP contribution in [0.5, 0.6) is 0 Å². The van der Waals surface area contributed by atoms with E-state index in [1.165, 1.54) is 0 Å². The van der Waals surface area contributed by atoms with Gasteiger partial charge in [-0.3, -0.25) is 14.5 Å². The molecule has 2 aliphatic rings. The van der Waals surface area contributed by atoms with Gasteiger partial charge in [-0.1, -0.05) is 54.1 Å². The van der Waals surface area contributed by atoms with Crippen LogP contribution in [-0.4, -0.2) is 41.2 Å². The highest BCUT2D eigenvalue weighted by atomic mass is 16.2. The highest BCUT2D eigenvalue weighted by molar-refractivity contribution is 6.09. The Kier molecular flexibility index (Phi) is 4.86. The number of hydrogen-bond acceptors (Lipinski definition) is 3. The highest BCUT2D eigenvalue weighted by Gasteiger charge is 2.54. The van der Waals surface area contributed by atoms with Gasteiger partial charge in [0, 0.05) is 13.6 Å². The van der Waals surface area contributed by atoms with Crippen LogP contribution in [0, 0.1) is 6.92 Å². The Labute approximate surface area is 170 Å². The van der Waals surface area contributed by atoms with Crippen LogP contribution < -0.4 is 5.32 Å². The van der Waals surface area contributed by atoms with Crippen LogP contribution in [0.25, 0.3) is 0 Å². The second kappa shape index (κ2) is 7.35. The number of nitrogens with zero attached hydrogens (tertiary/aromatic N) is 2. The zero-order chi connectivity index (χ0) is 20.6. The molecule has 2 aromatic rings. The number of hydrogen-bond donors (Lipinski definition) is 1. The van der Waals surface area contributed by atoms with Crippen molar-refractivity contribution in [2.24, 2.45) is 0 Å². The first kappa shape index (κ1) is 19.2. The summed E-state index contributed by atoms with van der Waals surface area (Å²) in [4.78, 5) is 41.3. The first-order chi connectivity index (χ1) is 13.9. The molecule has 1 spiro atoms. The Morgan fingerprint density at radius 3 is 2.62 bits per heavy atom. The van der Waals surface area contributed by atoms with Gasteiger partial charge in [-0.15, -0.1) is 0 Å². The predicted molar refractivity (Wildman–Crippen MR) is 109 cm³/mol. The van der Waals surface area contributed by atoms with Crippen molar-refractivity contribution in [3.05, 3.63) is 70.8 Å². The van der Waals surface area contributed by atoms with E-state index in [1.54, 1.807) is 11.9 Å². The van der Waals surface area contributed by atoms with Gasteiger partial charge in [0.2, 0.25) is 5.91 Å². The standard InChI is InChI=1S/C23H25N3O3/c1-16-9-11-17(12-10-16)14-25(2)20(27)15-26-21(28)23(24-22(26)29)13-5-7-18-6-3-4-8-19(18)23/h3-4,6,8-12H,5,7,13-15H2,1-2H3,(H,24,29)/t23-/m1/s1. The molecule has 150 valence electrons. The molecule has 1 fully saturated rings. The molecule has 0 unspecified atom stereocenters. The molecule has 6 nitrogen and oxygen atoms in total. The number of urea groups is 1. The summed E-state index contributed by atoms with van der Waals surface area (Å²) in [5, 5.41) is 2.89. The van der Waals surface area contributed by atoms with Gasteiger partial charge in [-0.2, -0.15) is 0 Å². The zero-order valence-corrected chi connectivity index (χ0v) is 16.8. The van der Waals surface area contributed by atoms with E-state index in [9.17, 15) is 14.4 Å².